The first-order valence-electron chi connectivity index (χ1n) is 9.32. The van der Waals surface area contributed by atoms with E-state index in [-0.39, 0.29) is 35.8 Å². The Morgan fingerprint density at radius 2 is 1.90 bits per heavy atom. The van der Waals surface area contributed by atoms with Crippen LogP contribution in [0.3, 0.4) is 0 Å². The highest BCUT2D eigenvalue weighted by atomic mass is 127. The fourth-order valence-corrected chi connectivity index (χ4v) is 2.90. The summed E-state index contributed by atoms with van der Waals surface area (Å²) < 4.78 is 15.8. The van der Waals surface area contributed by atoms with E-state index in [1.807, 2.05) is 30.1 Å². The van der Waals surface area contributed by atoms with Gasteiger partial charge in [-0.25, -0.2) is 9.37 Å². The molecular weight excluding hydrogens is 480 g/mol. The number of aromatic nitrogens is 2. The van der Waals surface area contributed by atoms with Crippen molar-refractivity contribution in [2.24, 2.45) is 4.99 Å². The molecule has 0 saturated carbocycles. The number of halogens is 2. The summed E-state index contributed by atoms with van der Waals surface area (Å²) in [5, 5.41) is 6.61. The van der Waals surface area contributed by atoms with E-state index in [0.29, 0.717) is 18.1 Å². The minimum atomic E-state index is -0.190. The van der Waals surface area contributed by atoms with Crippen LogP contribution in [0.2, 0.25) is 0 Å². The number of nitrogens with zero attached hydrogens (tertiary/aromatic N) is 3. The summed E-state index contributed by atoms with van der Waals surface area (Å²) in [7, 11) is 1.73. The Kier molecular flexibility index (Phi) is 8.63. The van der Waals surface area contributed by atoms with E-state index in [4.69, 9.17) is 0 Å². The van der Waals surface area contributed by atoms with E-state index >= 15 is 0 Å². The number of aryl methyl sites for hydroxylation is 1. The second kappa shape index (κ2) is 10.9. The topological polar surface area (TPSA) is 54.2 Å². The number of hydrogen-bond acceptors (Lipinski definition) is 2. The quantitative estimate of drug-likeness (QED) is 0.295. The number of rotatable bonds is 6. The van der Waals surface area contributed by atoms with Crippen LogP contribution in [0, 0.1) is 12.7 Å². The lowest BCUT2D eigenvalue weighted by molar-refractivity contribution is 0.607. The monoisotopic (exact) mass is 507 g/mol. The van der Waals surface area contributed by atoms with Crippen LogP contribution in [0.1, 0.15) is 35.2 Å². The first-order chi connectivity index (χ1) is 13.5. The molecule has 0 bridgehead atoms. The second-order valence-corrected chi connectivity index (χ2v) is 6.85. The first kappa shape index (κ1) is 22.9. The summed E-state index contributed by atoms with van der Waals surface area (Å²) in [6.45, 7) is 5.21. The van der Waals surface area contributed by atoms with Crippen molar-refractivity contribution in [1.29, 1.82) is 0 Å². The Hall–Kier alpha value is -2.42. The van der Waals surface area contributed by atoms with Crippen molar-refractivity contribution in [1.82, 2.24) is 20.2 Å². The molecule has 3 aromatic rings. The van der Waals surface area contributed by atoms with Gasteiger partial charge in [0.05, 0.1) is 12.4 Å². The summed E-state index contributed by atoms with van der Waals surface area (Å²) in [4.78, 5) is 8.33. The molecule has 2 N–H and O–H groups in total. The lowest BCUT2D eigenvalue weighted by Gasteiger charge is -2.19. The van der Waals surface area contributed by atoms with Crippen molar-refractivity contribution in [3.8, 4) is 0 Å². The highest BCUT2D eigenvalue weighted by Gasteiger charge is 2.10. The van der Waals surface area contributed by atoms with Gasteiger partial charge in [0, 0.05) is 32.5 Å². The van der Waals surface area contributed by atoms with E-state index in [9.17, 15) is 4.39 Å². The maximum atomic E-state index is 13.8. The van der Waals surface area contributed by atoms with Gasteiger partial charge < -0.3 is 15.2 Å². The maximum absolute atomic E-state index is 13.8. The Morgan fingerprint density at radius 3 is 2.52 bits per heavy atom. The number of guanidine groups is 1. The molecule has 3 rings (SSSR count). The molecule has 0 aliphatic heterocycles. The molecule has 5 nitrogen and oxygen atoms in total. The Labute approximate surface area is 188 Å². The average molecular weight is 507 g/mol. The molecule has 29 heavy (non-hydrogen) atoms. The van der Waals surface area contributed by atoms with Crippen LogP contribution in [0.5, 0.6) is 0 Å². The molecule has 0 radical (unpaired) electrons. The highest BCUT2D eigenvalue weighted by molar-refractivity contribution is 14.0. The van der Waals surface area contributed by atoms with Crippen LogP contribution < -0.4 is 10.6 Å². The second-order valence-electron chi connectivity index (χ2n) is 6.85. The smallest absolute Gasteiger partial charge is 0.191 e. The third kappa shape index (κ3) is 6.56. The SMILES string of the molecule is CN=C(NCc1ccc(Cn2ccnc2)cc1)NC(C)c1ccc(C)c(F)c1.I. The molecule has 0 spiro atoms. The fourth-order valence-electron chi connectivity index (χ4n) is 2.90. The van der Waals surface area contributed by atoms with Gasteiger partial charge in [0.15, 0.2) is 5.96 Å². The van der Waals surface area contributed by atoms with Crippen LogP contribution >= 0.6 is 24.0 Å². The van der Waals surface area contributed by atoms with Gasteiger partial charge in [-0.2, -0.15) is 0 Å². The van der Waals surface area contributed by atoms with E-state index in [1.54, 1.807) is 32.3 Å². The number of nitrogens with one attached hydrogen (secondary N) is 2. The van der Waals surface area contributed by atoms with Crippen molar-refractivity contribution in [3.63, 3.8) is 0 Å². The largest absolute Gasteiger partial charge is 0.352 e. The van der Waals surface area contributed by atoms with Gasteiger partial charge in [-0.3, -0.25) is 4.99 Å². The number of aliphatic imine (C=N–C) groups is 1. The molecule has 0 fully saturated rings. The number of benzene rings is 2. The van der Waals surface area contributed by atoms with Gasteiger partial charge in [0.2, 0.25) is 0 Å². The molecule has 0 aliphatic rings. The van der Waals surface area contributed by atoms with Crippen LogP contribution in [-0.2, 0) is 13.1 Å². The van der Waals surface area contributed by atoms with Gasteiger partial charge in [-0.05, 0) is 42.2 Å². The molecule has 154 valence electrons. The molecule has 0 saturated heterocycles. The predicted octanol–water partition coefficient (Wildman–Crippen LogP) is 4.42. The zero-order valence-corrected chi connectivity index (χ0v) is 19.2. The molecule has 1 atom stereocenters. The van der Waals surface area contributed by atoms with E-state index < -0.39 is 0 Å². The van der Waals surface area contributed by atoms with Crippen molar-refractivity contribution >= 4 is 29.9 Å². The third-order valence-electron chi connectivity index (χ3n) is 4.68. The standard InChI is InChI=1S/C22H26FN5.HI/c1-16-4-9-20(12-21(16)23)17(2)27-22(24-3)26-13-18-5-7-19(8-6-18)14-28-11-10-25-15-28;/h4-12,15,17H,13-14H2,1-3H3,(H2,24,26,27);1H. The maximum Gasteiger partial charge on any atom is 0.191 e. The molecule has 7 heteroatoms. The molecule has 1 heterocycles. The van der Waals surface area contributed by atoms with Crippen molar-refractivity contribution in [3.05, 3.63) is 89.3 Å². The summed E-state index contributed by atoms with van der Waals surface area (Å²) in [5.41, 5.74) is 3.91. The Bertz CT molecular complexity index is 923. The molecule has 1 unspecified atom stereocenters. The van der Waals surface area contributed by atoms with Gasteiger partial charge in [0.25, 0.3) is 0 Å². The molecule has 0 amide bonds. The van der Waals surface area contributed by atoms with Crippen molar-refractivity contribution in [2.75, 3.05) is 7.05 Å². The third-order valence-corrected chi connectivity index (χ3v) is 4.68. The van der Waals surface area contributed by atoms with Crippen LogP contribution in [0.25, 0.3) is 0 Å². The molecule has 1 aromatic heterocycles. The molecular formula is C22H27FIN5. The van der Waals surface area contributed by atoms with Crippen LogP contribution in [0.15, 0.2) is 66.2 Å². The van der Waals surface area contributed by atoms with Gasteiger partial charge in [-0.1, -0.05) is 36.4 Å². The predicted molar refractivity (Wildman–Crippen MR) is 126 cm³/mol. The lowest BCUT2D eigenvalue weighted by atomic mass is 10.1. The van der Waals surface area contributed by atoms with Gasteiger partial charge >= 0.3 is 0 Å². The van der Waals surface area contributed by atoms with Crippen LogP contribution in [0.4, 0.5) is 4.39 Å². The van der Waals surface area contributed by atoms with Crippen LogP contribution in [-0.4, -0.2) is 22.6 Å². The van der Waals surface area contributed by atoms with Crippen molar-refractivity contribution < 1.29 is 4.39 Å². The van der Waals surface area contributed by atoms with E-state index in [2.05, 4.69) is 44.9 Å². The van der Waals surface area contributed by atoms with E-state index in [0.717, 1.165) is 17.7 Å². The fraction of sp³-hybridized carbons (Fsp3) is 0.273. The Balaban J connectivity index is 0.00000300. The molecule has 0 aliphatic carbocycles. The zero-order chi connectivity index (χ0) is 19.9. The van der Waals surface area contributed by atoms with Gasteiger partial charge in [0.1, 0.15) is 5.82 Å². The lowest BCUT2D eigenvalue weighted by Crippen LogP contribution is -2.38. The summed E-state index contributed by atoms with van der Waals surface area (Å²) in [6, 6.07) is 13.7. The average Bonchev–Trinajstić information content (AvgIpc) is 3.21. The minimum Gasteiger partial charge on any atom is -0.352 e. The first-order valence-corrected chi connectivity index (χ1v) is 9.32. The normalized spacial score (nSPS) is 12.2. The minimum absolute atomic E-state index is 0. The molecule has 2 aromatic carbocycles. The highest BCUT2D eigenvalue weighted by Crippen LogP contribution is 2.16. The summed E-state index contributed by atoms with van der Waals surface area (Å²) >= 11 is 0. The zero-order valence-electron chi connectivity index (χ0n) is 16.9. The summed E-state index contributed by atoms with van der Waals surface area (Å²) in [5.74, 6) is 0.487. The number of imidazole rings is 1. The Morgan fingerprint density at radius 1 is 1.17 bits per heavy atom. The number of hydrogen-bond donors (Lipinski definition) is 2. The van der Waals surface area contributed by atoms with E-state index in [1.165, 1.54) is 5.56 Å². The van der Waals surface area contributed by atoms with Gasteiger partial charge in [-0.15, -0.1) is 24.0 Å². The summed E-state index contributed by atoms with van der Waals surface area (Å²) in [6.07, 6.45) is 5.54. The van der Waals surface area contributed by atoms with Crippen molar-refractivity contribution in [2.45, 2.75) is 33.0 Å².